The van der Waals surface area contributed by atoms with Crippen LogP contribution >= 0.6 is 0 Å². The maximum Gasteiger partial charge on any atom is 0.335 e. The summed E-state index contributed by atoms with van der Waals surface area (Å²) in [6, 6.07) is 15.2. The van der Waals surface area contributed by atoms with Crippen molar-refractivity contribution in [2.45, 2.75) is 31.2 Å². The molecular formula is C21H21NO3. The summed E-state index contributed by atoms with van der Waals surface area (Å²) in [5.41, 5.74) is 4.04. The van der Waals surface area contributed by atoms with Crippen LogP contribution in [0.25, 0.3) is 0 Å². The number of carboxylic acids is 1. The number of benzene rings is 2. The summed E-state index contributed by atoms with van der Waals surface area (Å²) in [4.78, 5) is 25.6. The third-order valence-corrected chi connectivity index (χ3v) is 5.76. The van der Waals surface area contributed by atoms with Crippen molar-refractivity contribution in [1.82, 2.24) is 4.90 Å². The molecule has 4 nitrogen and oxygen atoms in total. The molecule has 0 aliphatic heterocycles. The monoisotopic (exact) mass is 335 g/mol. The third kappa shape index (κ3) is 2.62. The Morgan fingerprint density at radius 3 is 2.60 bits per heavy atom. The van der Waals surface area contributed by atoms with E-state index in [2.05, 4.69) is 24.3 Å². The Labute approximate surface area is 147 Å². The molecule has 1 spiro atoms. The van der Waals surface area contributed by atoms with Crippen molar-refractivity contribution in [1.29, 1.82) is 0 Å². The number of rotatable bonds is 4. The molecule has 2 aromatic carbocycles. The van der Waals surface area contributed by atoms with Gasteiger partial charge >= 0.3 is 5.97 Å². The first-order valence-electron chi connectivity index (χ1n) is 8.67. The Morgan fingerprint density at radius 2 is 1.88 bits per heavy atom. The molecule has 1 saturated carbocycles. The fraction of sp³-hybridized carbons (Fsp3) is 0.333. The van der Waals surface area contributed by atoms with Gasteiger partial charge in [0.2, 0.25) is 5.91 Å². The summed E-state index contributed by atoms with van der Waals surface area (Å²) in [6.45, 7) is 0.507. The van der Waals surface area contributed by atoms with Crippen LogP contribution in [-0.4, -0.2) is 28.9 Å². The normalized spacial score (nSPS) is 23.3. The van der Waals surface area contributed by atoms with Crippen LogP contribution in [0.4, 0.5) is 0 Å². The van der Waals surface area contributed by atoms with Crippen LogP contribution in [-0.2, 0) is 23.2 Å². The molecule has 0 aromatic heterocycles. The molecular weight excluding hydrogens is 314 g/mol. The minimum absolute atomic E-state index is 0.0646. The van der Waals surface area contributed by atoms with E-state index >= 15 is 0 Å². The first-order valence-corrected chi connectivity index (χ1v) is 8.67. The van der Waals surface area contributed by atoms with Gasteiger partial charge in [0.25, 0.3) is 0 Å². The SMILES string of the molecule is CN(Cc1ccc(C(=O)O)cc1)C(=O)C1CC12CCc1ccccc12. The Kier molecular flexibility index (Phi) is 3.64. The first kappa shape index (κ1) is 15.9. The van der Waals surface area contributed by atoms with E-state index in [9.17, 15) is 9.59 Å². The van der Waals surface area contributed by atoms with Crippen molar-refractivity contribution in [2.24, 2.45) is 5.92 Å². The van der Waals surface area contributed by atoms with Crippen molar-refractivity contribution >= 4 is 11.9 Å². The first-order chi connectivity index (χ1) is 12.0. The van der Waals surface area contributed by atoms with E-state index in [-0.39, 0.29) is 22.8 Å². The molecule has 2 atom stereocenters. The Balaban J connectivity index is 1.45. The number of fused-ring (bicyclic) bond motifs is 2. The van der Waals surface area contributed by atoms with E-state index in [1.807, 2.05) is 7.05 Å². The Bertz CT molecular complexity index is 842. The zero-order valence-electron chi connectivity index (χ0n) is 14.2. The van der Waals surface area contributed by atoms with Crippen LogP contribution in [0.5, 0.6) is 0 Å². The van der Waals surface area contributed by atoms with Gasteiger partial charge in [-0.1, -0.05) is 36.4 Å². The second-order valence-electron chi connectivity index (χ2n) is 7.27. The lowest BCUT2D eigenvalue weighted by Gasteiger charge is -2.19. The Morgan fingerprint density at radius 1 is 1.16 bits per heavy atom. The van der Waals surface area contributed by atoms with E-state index in [1.165, 1.54) is 11.1 Å². The molecule has 0 radical (unpaired) electrons. The average Bonchev–Trinajstić information content (AvgIpc) is 3.23. The summed E-state index contributed by atoms with van der Waals surface area (Å²) < 4.78 is 0. The van der Waals surface area contributed by atoms with Gasteiger partial charge in [-0.05, 0) is 48.1 Å². The largest absolute Gasteiger partial charge is 0.478 e. The predicted octanol–water partition coefficient (Wildman–Crippen LogP) is 3.25. The highest BCUT2D eigenvalue weighted by Gasteiger charge is 2.61. The number of carbonyl (C=O) groups is 2. The van der Waals surface area contributed by atoms with Crippen molar-refractivity contribution in [3.63, 3.8) is 0 Å². The molecule has 0 heterocycles. The second kappa shape index (κ2) is 5.73. The van der Waals surface area contributed by atoms with E-state index < -0.39 is 5.97 Å². The van der Waals surface area contributed by atoms with Crippen LogP contribution in [0.15, 0.2) is 48.5 Å². The minimum Gasteiger partial charge on any atom is -0.478 e. The van der Waals surface area contributed by atoms with Gasteiger partial charge in [0.1, 0.15) is 0 Å². The number of aryl methyl sites for hydroxylation is 1. The summed E-state index contributed by atoms with van der Waals surface area (Å²) in [5.74, 6) is -0.658. The van der Waals surface area contributed by atoms with Crippen LogP contribution in [0.3, 0.4) is 0 Å². The molecule has 2 aromatic rings. The van der Waals surface area contributed by atoms with Crippen LogP contribution in [0.2, 0.25) is 0 Å². The molecule has 2 aliphatic carbocycles. The fourth-order valence-corrected chi connectivity index (χ4v) is 4.29. The van der Waals surface area contributed by atoms with E-state index in [4.69, 9.17) is 5.11 Å². The molecule has 1 amide bonds. The Hall–Kier alpha value is -2.62. The summed E-state index contributed by atoms with van der Waals surface area (Å²) in [6.07, 6.45) is 3.09. The molecule has 2 unspecified atom stereocenters. The summed E-state index contributed by atoms with van der Waals surface area (Å²) in [7, 11) is 1.83. The lowest BCUT2D eigenvalue weighted by atomic mass is 9.95. The average molecular weight is 335 g/mol. The fourth-order valence-electron chi connectivity index (χ4n) is 4.29. The third-order valence-electron chi connectivity index (χ3n) is 5.76. The number of nitrogens with zero attached hydrogens (tertiary/aromatic N) is 1. The van der Waals surface area contributed by atoms with E-state index in [1.54, 1.807) is 29.2 Å². The van der Waals surface area contributed by atoms with Gasteiger partial charge in [0, 0.05) is 24.9 Å². The number of carbonyl (C=O) groups excluding carboxylic acids is 1. The highest BCUT2D eigenvalue weighted by Crippen LogP contribution is 2.61. The van der Waals surface area contributed by atoms with Crippen LogP contribution in [0, 0.1) is 5.92 Å². The van der Waals surface area contributed by atoms with Gasteiger partial charge in [-0.25, -0.2) is 4.79 Å². The summed E-state index contributed by atoms with van der Waals surface area (Å²) in [5, 5.41) is 8.96. The lowest BCUT2D eigenvalue weighted by molar-refractivity contribution is -0.132. The molecule has 4 heteroatoms. The van der Waals surface area contributed by atoms with Gasteiger partial charge in [-0.2, -0.15) is 0 Å². The molecule has 1 N–H and O–H groups in total. The number of amides is 1. The van der Waals surface area contributed by atoms with Crippen molar-refractivity contribution in [2.75, 3.05) is 7.05 Å². The van der Waals surface area contributed by atoms with E-state index in [0.29, 0.717) is 6.54 Å². The zero-order valence-corrected chi connectivity index (χ0v) is 14.2. The van der Waals surface area contributed by atoms with Gasteiger partial charge in [0.05, 0.1) is 5.56 Å². The molecule has 4 rings (SSSR count). The van der Waals surface area contributed by atoms with Gasteiger partial charge in [0.15, 0.2) is 0 Å². The van der Waals surface area contributed by atoms with Gasteiger partial charge in [-0.15, -0.1) is 0 Å². The lowest BCUT2D eigenvalue weighted by Crippen LogP contribution is -2.30. The van der Waals surface area contributed by atoms with Crippen LogP contribution < -0.4 is 0 Å². The quantitative estimate of drug-likeness (QED) is 0.933. The molecule has 0 saturated heterocycles. The maximum atomic E-state index is 12.9. The number of carboxylic acid groups (broad SMARTS) is 1. The zero-order chi connectivity index (χ0) is 17.6. The molecule has 2 aliphatic rings. The maximum absolute atomic E-state index is 12.9. The van der Waals surface area contributed by atoms with Crippen molar-refractivity contribution < 1.29 is 14.7 Å². The van der Waals surface area contributed by atoms with Crippen molar-refractivity contribution in [3.05, 3.63) is 70.8 Å². The number of aromatic carboxylic acids is 1. The number of hydrogen-bond acceptors (Lipinski definition) is 2. The topological polar surface area (TPSA) is 57.6 Å². The smallest absolute Gasteiger partial charge is 0.335 e. The minimum atomic E-state index is -0.934. The molecule has 1 fully saturated rings. The van der Waals surface area contributed by atoms with Crippen LogP contribution in [0.1, 0.15) is 39.9 Å². The van der Waals surface area contributed by atoms with E-state index in [0.717, 1.165) is 24.8 Å². The highest BCUT2D eigenvalue weighted by molar-refractivity contribution is 5.87. The van der Waals surface area contributed by atoms with Crippen molar-refractivity contribution in [3.8, 4) is 0 Å². The molecule has 128 valence electrons. The van der Waals surface area contributed by atoms with Gasteiger partial charge in [-0.3, -0.25) is 4.79 Å². The molecule has 25 heavy (non-hydrogen) atoms. The molecule has 0 bridgehead atoms. The predicted molar refractivity (Wildman–Crippen MR) is 94.4 cm³/mol. The highest BCUT2D eigenvalue weighted by atomic mass is 16.4. The second-order valence-corrected chi connectivity index (χ2v) is 7.27. The van der Waals surface area contributed by atoms with Gasteiger partial charge < -0.3 is 10.0 Å². The standard InChI is InChI=1S/C21H21NO3/c1-22(13-14-6-8-16(9-7-14)20(24)25)19(23)18-12-21(18)11-10-15-4-2-3-5-17(15)21/h2-9,18H,10-13H2,1H3,(H,24,25). The summed E-state index contributed by atoms with van der Waals surface area (Å²) >= 11 is 0. The number of hydrogen-bond donors (Lipinski definition) is 1.